The fraction of sp³-hybridized carbons (Fsp3) is 0.500. The van der Waals surface area contributed by atoms with Gasteiger partial charge in [0.25, 0.3) is 0 Å². The fourth-order valence-electron chi connectivity index (χ4n) is 2.49. The summed E-state index contributed by atoms with van der Waals surface area (Å²) in [7, 11) is 0. The Morgan fingerprint density at radius 1 is 1.21 bits per heavy atom. The molecule has 3 N–H and O–H groups in total. The van der Waals surface area contributed by atoms with Gasteiger partial charge in [-0.2, -0.15) is 0 Å². The van der Waals surface area contributed by atoms with Gasteiger partial charge in [0.15, 0.2) is 0 Å². The number of aromatic hydroxyl groups is 1. The van der Waals surface area contributed by atoms with Crippen LogP contribution in [0.25, 0.3) is 0 Å². The van der Waals surface area contributed by atoms with Crippen molar-refractivity contribution >= 4 is 0 Å². The minimum absolute atomic E-state index is 0.0745. The van der Waals surface area contributed by atoms with Crippen LogP contribution in [0.2, 0.25) is 0 Å². The maximum Gasteiger partial charge on any atom is 0.115 e. The molecule has 0 spiro atoms. The van der Waals surface area contributed by atoms with Crippen LogP contribution in [0.1, 0.15) is 24.8 Å². The Balaban J connectivity index is 1.85. The molecule has 0 heterocycles. The number of phenols is 1. The van der Waals surface area contributed by atoms with E-state index in [4.69, 9.17) is 5.73 Å². The Morgan fingerprint density at radius 2 is 1.86 bits per heavy atom. The van der Waals surface area contributed by atoms with E-state index >= 15 is 0 Å². The van der Waals surface area contributed by atoms with E-state index in [9.17, 15) is 5.11 Å². The minimum atomic E-state index is -0.0745. The summed E-state index contributed by atoms with van der Waals surface area (Å²) in [5, 5.41) is 9.19. The van der Waals surface area contributed by atoms with E-state index in [0.717, 1.165) is 12.3 Å². The van der Waals surface area contributed by atoms with Gasteiger partial charge in [-0.25, -0.2) is 0 Å². The Kier molecular flexibility index (Phi) is 1.49. The zero-order valence-electron chi connectivity index (χ0n) is 8.11. The zero-order chi connectivity index (χ0) is 9.76. The summed E-state index contributed by atoms with van der Waals surface area (Å²) in [6.07, 6.45) is 3.85. The van der Waals surface area contributed by atoms with Gasteiger partial charge in [-0.1, -0.05) is 12.1 Å². The molecule has 14 heavy (non-hydrogen) atoms. The summed E-state index contributed by atoms with van der Waals surface area (Å²) in [4.78, 5) is 0. The average Bonchev–Trinajstić information content (AvgIpc) is 3.00. The van der Waals surface area contributed by atoms with E-state index < -0.39 is 0 Å². The first kappa shape index (κ1) is 8.30. The summed E-state index contributed by atoms with van der Waals surface area (Å²) < 4.78 is 0. The predicted molar refractivity (Wildman–Crippen MR) is 54.8 cm³/mol. The van der Waals surface area contributed by atoms with E-state index in [-0.39, 0.29) is 5.54 Å². The van der Waals surface area contributed by atoms with Crippen molar-refractivity contribution in [3.8, 4) is 5.75 Å². The largest absolute Gasteiger partial charge is 0.508 e. The molecule has 1 aromatic carbocycles. The summed E-state index contributed by atoms with van der Waals surface area (Å²) in [5.74, 6) is 1.90. The minimum Gasteiger partial charge on any atom is -0.508 e. The van der Waals surface area contributed by atoms with E-state index in [1.54, 1.807) is 12.1 Å². The molecule has 2 aliphatic rings. The number of rotatable bonds is 2. The molecular weight excluding hydrogens is 174 g/mol. The van der Waals surface area contributed by atoms with Crippen LogP contribution in [0, 0.1) is 11.8 Å². The maximum atomic E-state index is 9.19. The van der Waals surface area contributed by atoms with Crippen molar-refractivity contribution in [2.45, 2.75) is 24.8 Å². The highest BCUT2D eigenvalue weighted by molar-refractivity contribution is 5.36. The Bertz CT molecular complexity index is 355. The van der Waals surface area contributed by atoms with Crippen molar-refractivity contribution in [3.05, 3.63) is 29.8 Å². The highest BCUT2D eigenvalue weighted by Gasteiger charge is 2.58. The number of phenolic OH excluding ortho intramolecular Hbond substituents is 1. The smallest absolute Gasteiger partial charge is 0.115 e. The van der Waals surface area contributed by atoms with Crippen LogP contribution in [0.15, 0.2) is 24.3 Å². The van der Waals surface area contributed by atoms with E-state index in [0.29, 0.717) is 11.7 Å². The lowest BCUT2D eigenvalue weighted by Gasteiger charge is -2.11. The molecule has 0 bridgehead atoms. The second-order valence-corrected chi connectivity index (χ2v) is 4.74. The second kappa shape index (κ2) is 2.51. The summed E-state index contributed by atoms with van der Waals surface area (Å²) in [5.41, 5.74) is 7.43. The third kappa shape index (κ3) is 1.14. The van der Waals surface area contributed by atoms with Gasteiger partial charge in [0, 0.05) is 5.54 Å². The van der Waals surface area contributed by atoms with Gasteiger partial charge in [0.1, 0.15) is 5.75 Å². The van der Waals surface area contributed by atoms with Crippen LogP contribution in [-0.2, 0) is 5.54 Å². The lowest BCUT2D eigenvalue weighted by Crippen LogP contribution is -2.22. The first-order chi connectivity index (χ1) is 6.70. The molecule has 1 aromatic rings. The zero-order valence-corrected chi connectivity index (χ0v) is 8.11. The lowest BCUT2D eigenvalue weighted by atomic mass is 10.0. The molecule has 0 amide bonds. The molecule has 74 valence electrons. The maximum absolute atomic E-state index is 9.19. The molecule has 2 nitrogen and oxygen atoms in total. The van der Waals surface area contributed by atoms with Gasteiger partial charge in [-0.05, 0) is 48.8 Å². The van der Waals surface area contributed by atoms with Crippen molar-refractivity contribution in [2.24, 2.45) is 17.6 Å². The first-order valence-electron chi connectivity index (χ1n) is 5.28. The molecular formula is C12H15NO. The van der Waals surface area contributed by atoms with Gasteiger partial charge in [-0.15, -0.1) is 0 Å². The van der Waals surface area contributed by atoms with Gasteiger partial charge in [-0.3, -0.25) is 0 Å². The third-order valence-corrected chi connectivity index (χ3v) is 3.66. The van der Waals surface area contributed by atoms with Gasteiger partial charge < -0.3 is 10.8 Å². The molecule has 3 rings (SSSR count). The molecule has 2 heteroatoms. The molecule has 0 aromatic heterocycles. The van der Waals surface area contributed by atoms with Crippen LogP contribution in [0.4, 0.5) is 0 Å². The predicted octanol–water partition coefficient (Wildman–Crippen LogP) is 1.98. The van der Waals surface area contributed by atoms with Crippen LogP contribution < -0.4 is 5.73 Å². The summed E-state index contributed by atoms with van der Waals surface area (Å²) in [6, 6.07) is 7.37. The molecule has 2 atom stereocenters. The lowest BCUT2D eigenvalue weighted by molar-refractivity contribution is 0.474. The van der Waals surface area contributed by atoms with Gasteiger partial charge >= 0.3 is 0 Å². The summed E-state index contributed by atoms with van der Waals surface area (Å²) >= 11 is 0. The standard InChI is InChI=1S/C12H15NO/c13-12(7-11(12)8-1-2-8)9-3-5-10(14)6-4-9/h3-6,8,11,14H,1-2,7,13H2. The normalized spacial score (nSPS) is 35.6. The molecule has 2 unspecified atom stereocenters. The van der Waals surface area contributed by atoms with Crippen LogP contribution in [0.5, 0.6) is 5.75 Å². The van der Waals surface area contributed by atoms with Gasteiger partial charge in [0.05, 0.1) is 0 Å². The molecule has 2 aliphatic carbocycles. The average molecular weight is 189 g/mol. The van der Waals surface area contributed by atoms with E-state index in [2.05, 4.69) is 0 Å². The summed E-state index contributed by atoms with van der Waals surface area (Å²) in [6.45, 7) is 0. The number of nitrogens with two attached hydrogens (primary N) is 1. The molecule has 2 fully saturated rings. The Hall–Kier alpha value is -1.02. The van der Waals surface area contributed by atoms with Crippen molar-refractivity contribution < 1.29 is 5.11 Å². The van der Waals surface area contributed by atoms with Crippen molar-refractivity contribution in [1.82, 2.24) is 0 Å². The Labute approximate surface area is 83.7 Å². The molecule has 0 saturated heterocycles. The number of hydrogen-bond donors (Lipinski definition) is 2. The number of hydrogen-bond acceptors (Lipinski definition) is 2. The first-order valence-corrected chi connectivity index (χ1v) is 5.28. The number of benzene rings is 1. The molecule has 2 saturated carbocycles. The fourth-order valence-corrected chi connectivity index (χ4v) is 2.49. The topological polar surface area (TPSA) is 46.2 Å². The quantitative estimate of drug-likeness (QED) is 0.747. The van der Waals surface area contributed by atoms with Gasteiger partial charge in [0.2, 0.25) is 0 Å². The van der Waals surface area contributed by atoms with Crippen LogP contribution in [0.3, 0.4) is 0 Å². The molecule has 0 aliphatic heterocycles. The third-order valence-electron chi connectivity index (χ3n) is 3.66. The monoisotopic (exact) mass is 189 g/mol. The molecule has 0 radical (unpaired) electrons. The highest BCUT2D eigenvalue weighted by Crippen LogP contribution is 2.60. The van der Waals surface area contributed by atoms with Crippen LogP contribution >= 0.6 is 0 Å². The van der Waals surface area contributed by atoms with Crippen molar-refractivity contribution in [3.63, 3.8) is 0 Å². The highest BCUT2D eigenvalue weighted by atomic mass is 16.3. The second-order valence-electron chi connectivity index (χ2n) is 4.74. The van der Waals surface area contributed by atoms with Crippen molar-refractivity contribution in [2.75, 3.05) is 0 Å². The van der Waals surface area contributed by atoms with E-state index in [1.165, 1.54) is 18.4 Å². The SMILES string of the molecule is NC1(c2ccc(O)cc2)CC1C1CC1. The van der Waals surface area contributed by atoms with Crippen molar-refractivity contribution in [1.29, 1.82) is 0 Å². The Morgan fingerprint density at radius 3 is 2.43 bits per heavy atom. The van der Waals surface area contributed by atoms with Crippen LogP contribution in [-0.4, -0.2) is 5.11 Å². The van der Waals surface area contributed by atoms with E-state index in [1.807, 2.05) is 12.1 Å².